The summed E-state index contributed by atoms with van der Waals surface area (Å²) in [6.07, 6.45) is 7.37. The van der Waals surface area contributed by atoms with Crippen molar-refractivity contribution in [2.75, 3.05) is 6.54 Å². The molecule has 0 unspecified atom stereocenters. The van der Waals surface area contributed by atoms with E-state index in [9.17, 15) is 0 Å². The molecule has 4 aliphatic rings. The van der Waals surface area contributed by atoms with Gasteiger partial charge >= 0.3 is 0 Å². The van der Waals surface area contributed by atoms with Gasteiger partial charge in [0.2, 0.25) is 0 Å². The van der Waals surface area contributed by atoms with Crippen LogP contribution in [0.3, 0.4) is 0 Å². The molecule has 1 heterocycles. The van der Waals surface area contributed by atoms with Gasteiger partial charge in [0, 0.05) is 16.8 Å². The van der Waals surface area contributed by atoms with E-state index in [1.807, 2.05) is 11.3 Å². The highest BCUT2D eigenvalue weighted by Gasteiger charge is 2.57. The lowest BCUT2D eigenvalue weighted by Gasteiger charge is -2.61. The molecule has 4 bridgehead atoms. The summed E-state index contributed by atoms with van der Waals surface area (Å²) in [5.41, 5.74) is 6.65. The number of hydrogen-bond donors (Lipinski definition) is 1. The number of thiophene rings is 1. The molecule has 17 heavy (non-hydrogen) atoms. The first-order valence-corrected chi connectivity index (χ1v) is 7.95. The zero-order valence-corrected chi connectivity index (χ0v) is 11.1. The normalized spacial score (nSPS) is 47.6. The highest BCUT2D eigenvalue weighted by molar-refractivity contribution is 7.10. The van der Waals surface area contributed by atoms with Crippen LogP contribution in [0.2, 0.25) is 0 Å². The first-order chi connectivity index (χ1) is 8.33. The van der Waals surface area contributed by atoms with Crippen molar-refractivity contribution < 1.29 is 0 Å². The lowest BCUT2D eigenvalue weighted by atomic mass is 9.45. The van der Waals surface area contributed by atoms with Gasteiger partial charge in [-0.25, -0.2) is 0 Å². The average Bonchev–Trinajstić information content (AvgIpc) is 2.83. The van der Waals surface area contributed by atoms with E-state index in [2.05, 4.69) is 17.5 Å². The third-order valence-corrected chi connectivity index (χ3v) is 6.98. The molecule has 0 saturated heterocycles. The fourth-order valence-corrected chi connectivity index (χ4v) is 6.50. The maximum absolute atomic E-state index is 6.29. The molecule has 1 nitrogen and oxygen atoms in total. The van der Waals surface area contributed by atoms with E-state index in [1.165, 1.54) is 32.1 Å². The van der Waals surface area contributed by atoms with Crippen LogP contribution < -0.4 is 5.73 Å². The molecule has 2 N–H and O–H groups in total. The molecule has 0 spiro atoms. The van der Waals surface area contributed by atoms with Crippen LogP contribution >= 0.6 is 11.3 Å². The van der Waals surface area contributed by atoms with Gasteiger partial charge in [-0.15, -0.1) is 11.3 Å². The molecule has 0 radical (unpaired) electrons. The molecule has 0 aromatic carbocycles. The lowest BCUT2D eigenvalue weighted by molar-refractivity contribution is -0.0551. The van der Waals surface area contributed by atoms with Gasteiger partial charge in [0.1, 0.15) is 0 Å². The van der Waals surface area contributed by atoms with Gasteiger partial charge in [0.25, 0.3) is 0 Å². The van der Waals surface area contributed by atoms with Crippen LogP contribution in [0.1, 0.15) is 37.0 Å². The minimum absolute atomic E-state index is 0.363. The first-order valence-electron chi connectivity index (χ1n) is 7.07. The summed E-state index contributed by atoms with van der Waals surface area (Å²) in [7, 11) is 0. The van der Waals surface area contributed by atoms with E-state index in [-0.39, 0.29) is 0 Å². The van der Waals surface area contributed by atoms with Crippen molar-refractivity contribution in [1.29, 1.82) is 0 Å². The molecule has 1 aromatic rings. The first kappa shape index (κ1) is 10.6. The zero-order chi connectivity index (χ0) is 11.5. The highest BCUT2D eigenvalue weighted by atomic mass is 32.1. The molecule has 0 aliphatic heterocycles. The Balaban J connectivity index is 1.81. The van der Waals surface area contributed by atoms with Crippen LogP contribution in [-0.2, 0) is 5.41 Å². The number of nitrogens with two attached hydrogens (primary N) is 1. The molecule has 0 amide bonds. The predicted octanol–water partition coefficient (Wildman–Crippen LogP) is 3.40. The molecule has 4 saturated carbocycles. The summed E-state index contributed by atoms with van der Waals surface area (Å²) < 4.78 is 0. The Bertz CT molecular complexity index is 381. The summed E-state index contributed by atoms with van der Waals surface area (Å²) in [6.45, 7) is 0.877. The standard InChI is InChI=1S/C15H21NS/c16-9-15(14-2-1-3-17-14)12-5-10-4-11(7-12)8-13(15)6-10/h1-3,10-13H,4-9,16H2. The monoisotopic (exact) mass is 247 g/mol. The average molecular weight is 247 g/mol. The second kappa shape index (κ2) is 3.58. The van der Waals surface area contributed by atoms with E-state index >= 15 is 0 Å². The minimum atomic E-state index is 0.363. The molecule has 1 aromatic heterocycles. The Morgan fingerprint density at radius 3 is 2.24 bits per heavy atom. The van der Waals surface area contributed by atoms with E-state index in [4.69, 9.17) is 5.73 Å². The second-order valence-corrected chi connectivity index (χ2v) is 7.47. The number of hydrogen-bond acceptors (Lipinski definition) is 2. The largest absolute Gasteiger partial charge is 0.330 e. The second-order valence-electron chi connectivity index (χ2n) is 6.53. The molecular formula is C15H21NS. The van der Waals surface area contributed by atoms with Crippen LogP contribution in [0.5, 0.6) is 0 Å². The maximum Gasteiger partial charge on any atom is 0.0226 e. The summed E-state index contributed by atoms with van der Waals surface area (Å²) in [4.78, 5) is 1.59. The molecule has 92 valence electrons. The Hall–Kier alpha value is -0.340. The van der Waals surface area contributed by atoms with Crippen molar-refractivity contribution in [3.63, 3.8) is 0 Å². The van der Waals surface area contributed by atoms with Gasteiger partial charge in [-0.2, -0.15) is 0 Å². The molecule has 0 atom stereocenters. The summed E-state index contributed by atoms with van der Waals surface area (Å²) in [5, 5.41) is 2.23. The van der Waals surface area contributed by atoms with E-state index in [1.54, 1.807) is 4.88 Å². The Morgan fingerprint density at radius 1 is 1.12 bits per heavy atom. The van der Waals surface area contributed by atoms with Gasteiger partial charge in [-0.3, -0.25) is 0 Å². The van der Waals surface area contributed by atoms with Gasteiger partial charge in [-0.1, -0.05) is 6.07 Å². The van der Waals surface area contributed by atoms with Crippen molar-refractivity contribution in [1.82, 2.24) is 0 Å². The highest BCUT2D eigenvalue weighted by Crippen LogP contribution is 2.63. The lowest BCUT2D eigenvalue weighted by Crippen LogP contribution is -2.58. The Kier molecular flexibility index (Phi) is 2.23. The van der Waals surface area contributed by atoms with Gasteiger partial charge < -0.3 is 5.73 Å². The third kappa shape index (κ3) is 1.29. The van der Waals surface area contributed by atoms with E-state index < -0.39 is 0 Å². The van der Waals surface area contributed by atoms with Crippen LogP contribution in [0.25, 0.3) is 0 Å². The van der Waals surface area contributed by atoms with E-state index in [0.29, 0.717) is 5.41 Å². The van der Waals surface area contributed by atoms with Crippen LogP contribution in [0.15, 0.2) is 17.5 Å². The molecule has 2 heteroatoms. The smallest absolute Gasteiger partial charge is 0.0226 e. The van der Waals surface area contributed by atoms with Crippen molar-refractivity contribution in [2.45, 2.75) is 37.5 Å². The van der Waals surface area contributed by atoms with Gasteiger partial charge in [0.15, 0.2) is 0 Å². The predicted molar refractivity (Wildman–Crippen MR) is 72.1 cm³/mol. The van der Waals surface area contributed by atoms with Crippen molar-refractivity contribution in [2.24, 2.45) is 29.4 Å². The summed E-state index contributed by atoms with van der Waals surface area (Å²) in [6, 6.07) is 4.56. The zero-order valence-electron chi connectivity index (χ0n) is 10.3. The Morgan fingerprint density at radius 2 is 1.76 bits per heavy atom. The molecular weight excluding hydrogens is 226 g/mol. The summed E-state index contributed by atoms with van der Waals surface area (Å²) >= 11 is 1.95. The summed E-state index contributed by atoms with van der Waals surface area (Å²) in [5.74, 6) is 3.86. The third-order valence-electron chi connectivity index (χ3n) is 5.91. The topological polar surface area (TPSA) is 26.0 Å². The fraction of sp³-hybridized carbons (Fsp3) is 0.733. The van der Waals surface area contributed by atoms with Crippen molar-refractivity contribution >= 4 is 11.3 Å². The SMILES string of the molecule is NCC1(c2cccs2)C2CC3CC(C2)CC1C3. The van der Waals surface area contributed by atoms with Crippen LogP contribution in [0.4, 0.5) is 0 Å². The Labute approximate surface area is 107 Å². The van der Waals surface area contributed by atoms with Gasteiger partial charge in [-0.05, 0) is 67.2 Å². The fourth-order valence-electron chi connectivity index (χ4n) is 5.40. The molecule has 4 fully saturated rings. The van der Waals surface area contributed by atoms with Crippen molar-refractivity contribution in [3.8, 4) is 0 Å². The minimum Gasteiger partial charge on any atom is -0.330 e. The van der Waals surface area contributed by atoms with Gasteiger partial charge in [0.05, 0.1) is 0 Å². The van der Waals surface area contributed by atoms with Crippen molar-refractivity contribution in [3.05, 3.63) is 22.4 Å². The quantitative estimate of drug-likeness (QED) is 0.851. The van der Waals surface area contributed by atoms with Crippen LogP contribution in [-0.4, -0.2) is 6.54 Å². The number of rotatable bonds is 2. The maximum atomic E-state index is 6.29. The van der Waals surface area contributed by atoms with E-state index in [0.717, 1.165) is 30.2 Å². The molecule has 4 aliphatic carbocycles. The molecule has 5 rings (SSSR count). The van der Waals surface area contributed by atoms with Crippen LogP contribution in [0, 0.1) is 23.7 Å².